The van der Waals surface area contributed by atoms with Gasteiger partial charge < -0.3 is 5.32 Å². The third-order valence-electron chi connectivity index (χ3n) is 2.59. The highest BCUT2D eigenvalue weighted by Gasteiger charge is 2.10. The molecule has 0 bridgehead atoms. The fraction of sp³-hybridized carbons (Fsp3) is 0.500. The lowest BCUT2D eigenvalue weighted by Crippen LogP contribution is -2.16. The summed E-state index contributed by atoms with van der Waals surface area (Å²) in [5, 5.41) is 12.8. The molecule has 1 N–H and O–H groups in total. The normalized spacial score (nSPS) is 11.9. The van der Waals surface area contributed by atoms with Crippen molar-refractivity contribution in [2.24, 2.45) is 0 Å². The smallest absolute Gasteiger partial charge is 0.102 e. The fourth-order valence-electron chi connectivity index (χ4n) is 1.67. The number of rotatable bonds is 7. The molecule has 4 heteroatoms. The lowest BCUT2D eigenvalue weighted by molar-refractivity contribution is 0.771. The van der Waals surface area contributed by atoms with Gasteiger partial charge in [0, 0.05) is 10.9 Å². The molecule has 0 heterocycles. The van der Waals surface area contributed by atoms with E-state index < -0.39 is 0 Å². The van der Waals surface area contributed by atoms with E-state index in [0.717, 1.165) is 34.1 Å². The highest BCUT2D eigenvalue weighted by molar-refractivity contribution is 7.99. The van der Waals surface area contributed by atoms with Crippen LogP contribution in [0.3, 0.4) is 0 Å². The zero-order valence-corrected chi connectivity index (χ0v) is 12.8. The van der Waals surface area contributed by atoms with Gasteiger partial charge in [-0.05, 0) is 43.2 Å². The van der Waals surface area contributed by atoms with Crippen molar-refractivity contribution in [3.63, 3.8) is 0 Å². The van der Waals surface area contributed by atoms with Crippen LogP contribution in [0.4, 0.5) is 5.69 Å². The van der Waals surface area contributed by atoms with Crippen LogP contribution in [-0.4, -0.2) is 23.8 Å². The van der Waals surface area contributed by atoms with E-state index in [1.165, 1.54) is 0 Å². The lowest BCUT2D eigenvalue weighted by Gasteiger charge is -2.17. The Hall–Kier alpha value is -0.790. The van der Waals surface area contributed by atoms with Gasteiger partial charge in [-0.3, -0.25) is 0 Å². The van der Waals surface area contributed by atoms with E-state index in [1.54, 1.807) is 11.8 Å². The Morgan fingerprint density at radius 3 is 2.83 bits per heavy atom. The molecule has 0 aliphatic heterocycles. The second-order valence-corrected chi connectivity index (χ2v) is 6.34. The SMILES string of the molecule is CCSc1cccc(NC(C)CCSC)c1C#N. The Kier molecular flexibility index (Phi) is 7.07. The Balaban J connectivity index is 2.82. The molecule has 98 valence electrons. The van der Waals surface area contributed by atoms with Crippen LogP contribution in [-0.2, 0) is 0 Å². The molecule has 18 heavy (non-hydrogen) atoms. The Bertz CT molecular complexity index is 413. The van der Waals surface area contributed by atoms with Crippen LogP contribution in [0, 0.1) is 11.3 Å². The Morgan fingerprint density at radius 1 is 1.44 bits per heavy atom. The fourth-order valence-corrected chi connectivity index (χ4v) is 3.05. The summed E-state index contributed by atoms with van der Waals surface area (Å²) in [6.45, 7) is 4.27. The molecule has 1 unspecified atom stereocenters. The molecule has 1 rings (SSSR count). The van der Waals surface area contributed by atoms with Crippen molar-refractivity contribution < 1.29 is 0 Å². The molecule has 0 saturated heterocycles. The summed E-state index contributed by atoms with van der Waals surface area (Å²) in [6.07, 6.45) is 3.23. The minimum absolute atomic E-state index is 0.395. The summed E-state index contributed by atoms with van der Waals surface area (Å²) < 4.78 is 0. The van der Waals surface area contributed by atoms with Crippen molar-refractivity contribution in [2.45, 2.75) is 31.2 Å². The first-order valence-electron chi connectivity index (χ1n) is 6.14. The molecule has 0 fully saturated rings. The number of nitrogens with zero attached hydrogens (tertiary/aromatic N) is 1. The minimum atomic E-state index is 0.395. The average molecular weight is 280 g/mol. The first kappa shape index (κ1) is 15.3. The third-order valence-corrected chi connectivity index (χ3v) is 4.18. The maximum Gasteiger partial charge on any atom is 0.102 e. The van der Waals surface area contributed by atoms with Gasteiger partial charge in [-0.1, -0.05) is 13.0 Å². The van der Waals surface area contributed by atoms with Crippen LogP contribution in [0.25, 0.3) is 0 Å². The zero-order chi connectivity index (χ0) is 13.4. The average Bonchev–Trinajstić information content (AvgIpc) is 2.37. The molecular weight excluding hydrogens is 260 g/mol. The molecule has 0 saturated carbocycles. The molecule has 0 aliphatic carbocycles. The van der Waals surface area contributed by atoms with Gasteiger partial charge in [0.25, 0.3) is 0 Å². The van der Waals surface area contributed by atoms with Crippen molar-refractivity contribution >= 4 is 29.2 Å². The molecule has 0 amide bonds. The van der Waals surface area contributed by atoms with Gasteiger partial charge in [-0.15, -0.1) is 11.8 Å². The summed E-state index contributed by atoms with van der Waals surface area (Å²) in [6, 6.07) is 8.75. The van der Waals surface area contributed by atoms with Crippen LogP contribution in [0.15, 0.2) is 23.1 Å². The molecule has 0 aromatic heterocycles. The van der Waals surface area contributed by atoms with Gasteiger partial charge in [0.1, 0.15) is 6.07 Å². The third kappa shape index (κ3) is 4.47. The minimum Gasteiger partial charge on any atom is -0.381 e. The van der Waals surface area contributed by atoms with Gasteiger partial charge in [0.2, 0.25) is 0 Å². The summed E-state index contributed by atoms with van der Waals surface area (Å²) in [5.74, 6) is 2.12. The van der Waals surface area contributed by atoms with Gasteiger partial charge >= 0.3 is 0 Å². The predicted molar refractivity (Wildman–Crippen MR) is 83.6 cm³/mol. The van der Waals surface area contributed by atoms with Crippen LogP contribution in [0.1, 0.15) is 25.8 Å². The van der Waals surface area contributed by atoms with E-state index in [2.05, 4.69) is 31.5 Å². The number of hydrogen-bond acceptors (Lipinski definition) is 4. The summed E-state index contributed by atoms with van der Waals surface area (Å²) in [7, 11) is 0. The van der Waals surface area contributed by atoms with Crippen molar-refractivity contribution in [2.75, 3.05) is 23.1 Å². The van der Waals surface area contributed by atoms with E-state index >= 15 is 0 Å². The van der Waals surface area contributed by atoms with Crippen LogP contribution in [0.5, 0.6) is 0 Å². The number of nitriles is 1. The molecule has 1 aromatic rings. The second kappa shape index (κ2) is 8.34. The zero-order valence-electron chi connectivity index (χ0n) is 11.2. The van der Waals surface area contributed by atoms with E-state index in [1.807, 2.05) is 30.0 Å². The molecular formula is C14H20N2S2. The largest absolute Gasteiger partial charge is 0.381 e. The summed E-state index contributed by atoms with van der Waals surface area (Å²) in [5.41, 5.74) is 1.74. The van der Waals surface area contributed by atoms with Crippen LogP contribution < -0.4 is 5.32 Å². The van der Waals surface area contributed by atoms with Crippen molar-refractivity contribution in [3.05, 3.63) is 23.8 Å². The molecule has 2 nitrogen and oxygen atoms in total. The maximum atomic E-state index is 9.31. The van der Waals surface area contributed by atoms with Crippen LogP contribution >= 0.6 is 23.5 Å². The summed E-state index contributed by atoms with van der Waals surface area (Å²) in [4.78, 5) is 1.07. The summed E-state index contributed by atoms with van der Waals surface area (Å²) >= 11 is 3.57. The number of nitrogens with one attached hydrogen (secondary N) is 1. The second-order valence-electron chi connectivity index (χ2n) is 4.05. The highest BCUT2D eigenvalue weighted by atomic mass is 32.2. The first-order chi connectivity index (χ1) is 8.72. The first-order valence-corrected chi connectivity index (χ1v) is 8.52. The van der Waals surface area contributed by atoms with Gasteiger partial charge in [0.05, 0.1) is 11.3 Å². The van der Waals surface area contributed by atoms with Gasteiger partial charge in [0.15, 0.2) is 0 Å². The molecule has 0 radical (unpaired) electrons. The number of benzene rings is 1. The number of anilines is 1. The number of hydrogen-bond donors (Lipinski definition) is 1. The van der Waals surface area contributed by atoms with Crippen molar-refractivity contribution in [1.29, 1.82) is 5.26 Å². The van der Waals surface area contributed by atoms with Gasteiger partial charge in [-0.2, -0.15) is 17.0 Å². The lowest BCUT2D eigenvalue weighted by atomic mass is 10.1. The van der Waals surface area contributed by atoms with Gasteiger partial charge in [-0.25, -0.2) is 0 Å². The molecule has 0 aliphatic rings. The molecule has 0 spiro atoms. The standard InChI is InChI=1S/C14H20N2S2/c1-4-18-14-7-5-6-13(12(14)10-15)16-11(2)8-9-17-3/h5-7,11,16H,4,8-9H2,1-3H3. The van der Waals surface area contributed by atoms with Crippen LogP contribution in [0.2, 0.25) is 0 Å². The van der Waals surface area contributed by atoms with E-state index in [9.17, 15) is 5.26 Å². The van der Waals surface area contributed by atoms with E-state index in [4.69, 9.17) is 0 Å². The van der Waals surface area contributed by atoms with E-state index in [0.29, 0.717) is 6.04 Å². The number of thioether (sulfide) groups is 2. The Labute approximate surface area is 119 Å². The predicted octanol–water partition coefficient (Wildman–Crippen LogP) is 4.22. The van der Waals surface area contributed by atoms with Crippen molar-refractivity contribution in [1.82, 2.24) is 0 Å². The molecule has 1 aromatic carbocycles. The quantitative estimate of drug-likeness (QED) is 0.758. The Morgan fingerprint density at radius 2 is 2.22 bits per heavy atom. The van der Waals surface area contributed by atoms with E-state index in [-0.39, 0.29) is 0 Å². The highest BCUT2D eigenvalue weighted by Crippen LogP contribution is 2.28. The maximum absolute atomic E-state index is 9.31. The monoisotopic (exact) mass is 280 g/mol. The van der Waals surface area contributed by atoms with Crippen molar-refractivity contribution in [3.8, 4) is 6.07 Å². The molecule has 1 atom stereocenters. The topological polar surface area (TPSA) is 35.8 Å².